The van der Waals surface area contributed by atoms with Crippen LogP contribution in [0.1, 0.15) is 12.6 Å². The molecule has 0 amide bonds. The van der Waals surface area contributed by atoms with Crippen LogP contribution in [0.4, 0.5) is 0 Å². The van der Waals surface area contributed by atoms with E-state index in [0.717, 1.165) is 39.3 Å². The third-order valence-electron chi connectivity index (χ3n) is 8.37. The van der Waals surface area contributed by atoms with Crippen molar-refractivity contribution in [1.29, 1.82) is 0 Å². The van der Waals surface area contributed by atoms with E-state index in [9.17, 15) is 19.0 Å². The van der Waals surface area contributed by atoms with Crippen LogP contribution in [0.2, 0.25) is 0 Å². The lowest BCUT2D eigenvalue weighted by Gasteiger charge is -2.47. The van der Waals surface area contributed by atoms with E-state index in [2.05, 4.69) is 51.7 Å². The fourth-order valence-corrected chi connectivity index (χ4v) is 7.19. The zero-order chi connectivity index (χ0) is 31.1. The zero-order valence-electron chi connectivity index (χ0n) is 24.0. The molecule has 3 unspecified atom stereocenters. The highest BCUT2D eigenvalue weighted by Gasteiger charge is 2.61. The van der Waals surface area contributed by atoms with Crippen molar-refractivity contribution in [3.8, 4) is 16.9 Å². The van der Waals surface area contributed by atoms with E-state index in [-0.39, 0.29) is 24.3 Å². The maximum atomic E-state index is 13.0. The van der Waals surface area contributed by atoms with Crippen LogP contribution < -0.4 is 11.2 Å². The Labute approximate surface area is 254 Å². The monoisotopic (exact) mass is 627 g/mol. The second kappa shape index (κ2) is 9.93. The minimum Gasteiger partial charge on any atom is -0.474 e. The lowest BCUT2D eigenvalue weighted by Crippen LogP contribution is -2.57. The number of rotatable bonds is 8. The van der Waals surface area contributed by atoms with E-state index in [0.29, 0.717) is 5.57 Å². The van der Waals surface area contributed by atoms with Gasteiger partial charge in [-0.2, -0.15) is 0 Å². The molecule has 6 aromatic rings. The molecule has 0 bridgehead atoms. The smallest absolute Gasteiger partial charge is 0.331 e. The number of methoxy groups -OCH3 is 1. The summed E-state index contributed by atoms with van der Waals surface area (Å²) >= 11 is 0. The van der Waals surface area contributed by atoms with Crippen molar-refractivity contribution in [2.45, 2.75) is 24.5 Å². The van der Waals surface area contributed by atoms with E-state index in [1.165, 1.54) is 29.5 Å². The number of hydrogen-bond acceptors (Lipinski definition) is 9. The molecule has 2 aliphatic rings. The second-order valence-corrected chi connectivity index (χ2v) is 13.0. The third-order valence-corrected chi connectivity index (χ3v) is 9.01. The Balaban J connectivity index is 1.15. The van der Waals surface area contributed by atoms with Gasteiger partial charge in [0.1, 0.15) is 11.8 Å². The van der Waals surface area contributed by atoms with Crippen molar-refractivity contribution < 1.29 is 28.2 Å². The summed E-state index contributed by atoms with van der Waals surface area (Å²) < 4.78 is 37.2. The molecule has 2 aliphatic heterocycles. The van der Waals surface area contributed by atoms with Gasteiger partial charge in [-0.15, -0.1) is 5.10 Å². The molecule has 13 nitrogen and oxygen atoms in total. The Morgan fingerprint density at radius 2 is 1.78 bits per heavy atom. The van der Waals surface area contributed by atoms with Crippen molar-refractivity contribution in [3.05, 3.63) is 99.7 Å². The molecule has 2 aromatic heterocycles. The van der Waals surface area contributed by atoms with Crippen molar-refractivity contribution in [1.82, 2.24) is 24.5 Å². The minimum absolute atomic E-state index is 0.0882. The second-order valence-electron chi connectivity index (χ2n) is 11.2. The van der Waals surface area contributed by atoms with Gasteiger partial charge in [0.05, 0.1) is 35.9 Å². The van der Waals surface area contributed by atoms with Crippen LogP contribution in [0.3, 0.4) is 0 Å². The lowest BCUT2D eigenvalue weighted by atomic mass is 9.92. The number of fused-ring (bicyclic) bond motifs is 1. The molecule has 4 aromatic carbocycles. The number of H-pyrrole nitrogens is 1. The molecular formula is C31H26N5O8P. The lowest BCUT2D eigenvalue weighted by molar-refractivity contribution is -0.273. The molecule has 4 heterocycles. The summed E-state index contributed by atoms with van der Waals surface area (Å²) in [4.78, 5) is 38.2. The molecular weight excluding hydrogens is 601 g/mol. The number of nitrogens with zero attached hydrogens (tertiary/aromatic N) is 4. The summed E-state index contributed by atoms with van der Waals surface area (Å²) in [7, 11) is -2.48. The van der Waals surface area contributed by atoms with E-state index < -0.39 is 37.0 Å². The molecule has 14 heteroatoms. The van der Waals surface area contributed by atoms with E-state index in [4.69, 9.17) is 18.7 Å². The highest BCUT2D eigenvalue weighted by atomic mass is 31.2. The van der Waals surface area contributed by atoms with Crippen molar-refractivity contribution in [2.24, 2.45) is 0 Å². The van der Waals surface area contributed by atoms with Crippen LogP contribution in [0.5, 0.6) is 0 Å². The van der Waals surface area contributed by atoms with Crippen LogP contribution in [-0.4, -0.2) is 61.7 Å². The molecule has 4 atom stereocenters. The Morgan fingerprint density at radius 1 is 1.04 bits per heavy atom. The van der Waals surface area contributed by atoms with Gasteiger partial charge < -0.3 is 19.1 Å². The average Bonchev–Trinajstić information content (AvgIpc) is 3.63. The van der Waals surface area contributed by atoms with E-state index >= 15 is 0 Å². The first-order chi connectivity index (χ1) is 21.7. The Bertz CT molecular complexity index is 2320. The molecule has 1 fully saturated rings. The molecule has 8 rings (SSSR count). The number of aromatic amines is 1. The van der Waals surface area contributed by atoms with Crippen molar-refractivity contribution in [3.63, 3.8) is 0 Å². The molecule has 0 aliphatic carbocycles. The van der Waals surface area contributed by atoms with Crippen LogP contribution >= 0.6 is 7.60 Å². The predicted molar refractivity (Wildman–Crippen MR) is 165 cm³/mol. The third kappa shape index (κ3) is 4.35. The van der Waals surface area contributed by atoms with Crippen LogP contribution in [0.15, 0.2) is 88.4 Å². The summed E-state index contributed by atoms with van der Waals surface area (Å²) in [5, 5.41) is 15.2. The van der Waals surface area contributed by atoms with Crippen molar-refractivity contribution in [2.75, 3.05) is 20.4 Å². The molecule has 1 saturated heterocycles. The van der Waals surface area contributed by atoms with Crippen molar-refractivity contribution >= 4 is 39.9 Å². The van der Waals surface area contributed by atoms with E-state index in [1.807, 2.05) is 18.2 Å². The number of benzene rings is 4. The van der Waals surface area contributed by atoms with Gasteiger partial charge in [0.2, 0.25) is 12.0 Å². The topological polar surface area (TPSA) is 160 Å². The fraction of sp³-hybridized carbons (Fsp3) is 0.226. The summed E-state index contributed by atoms with van der Waals surface area (Å²) in [6.45, 7) is 1.24. The molecule has 0 saturated carbocycles. The fourth-order valence-electron chi connectivity index (χ4n) is 6.40. The summed E-state index contributed by atoms with van der Waals surface area (Å²) in [6.07, 6.45) is 2.64. The standard InChI is InChI=1S/C31H26N5O8P/c1-41-13-12-31(44-45(2,39)40)22-16-42-29(27(22)43-31)35-14-21(28(37)32-30(35)38)23-15-36(34-33-23)24-11-9-19-7-6-17-4-3-5-18-8-10-20(24)26(19)25(17)18/h3-11,14-16,27,29H,12-13H2,1-2H3,(H,39,40)(H,32,37,38)/t27?,29-,31?/m1/s1. The van der Waals surface area contributed by atoms with Crippen LogP contribution in [0.25, 0.3) is 49.3 Å². The van der Waals surface area contributed by atoms with Gasteiger partial charge in [-0.1, -0.05) is 53.7 Å². The maximum Gasteiger partial charge on any atom is 0.331 e. The van der Waals surface area contributed by atoms with Crippen LogP contribution in [-0.2, 0) is 23.3 Å². The maximum absolute atomic E-state index is 13.0. The minimum atomic E-state index is -3.96. The SMILES string of the molecule is COCCC1(OP(C)(=O)O)OC2C1=CO[C@H]2n1cc(-c2cn(-c3ccc4ccc5cccc6ccc3c4c56)nn2)c(=O)[nH]c1=O. The van der Waals surface area contributed by atoms with Crippen LogP contribution in [0, 0.1) is 0 Å². The highest BCUT2D eigenvalue weighted by Crippen LogP contribution is 2.57. The first-order valence-corrected chi connectivity index (χ1v) is 16.2. The summed E-state index contributed by atoms with van der Waals surface area (Å²) in [6, 6.07) is 18.5. The Kier molecular flexibility index (Phi) is 6.15. The van der Waals surface area contributed by atoms with Gasteiger partial charge >= 0.3 is 13.3 Å². The van der Waals surface area contributed by atoms with Gasteiger partial charge in [0.15, 0.2) is 0 Å². The number of aromatic nitrogens is 5. The predicted octanol–water partition coefficient (Wildman–Crippen LogP) is 4.06. The summed E-state index contributed by atoms with van der Waals surface area (Å²) in [5.74, 6) is -1.54. The van der Waals surface area contributed by atoms with Gasteiger partial charge in [-0.05, 0) is 33.0 Å². The Hall–Kier alpha value is -4.65. The van der Waals surface area contributed by atoms with E-state index in [1.54, 1.807) is 10.9 Å². The van der Waals surface area contributed by atoms with Gasteiger partial charge in [0, 0.05) is 31.8 Å². The zero-order valence-corrected chi connectivity index (χ0v) is 24.9. The number of ether oxygens (including phenoxy) is 3. The molecule has 45 heavy (non-hydrogen) atoms. The summed E-state index contributed by atoms with van der Waals surface area (Å²) in [5.41, 5.74) is 0.172. The number of nitrogens with one attached hydrogen (secondary N) is 1. The average molecular weight is 628 g/mol. The number of hydrogen-bond donors (Lipinski definition) is 2. The quantitative estimate of drug-likeness (QED) is 0.186. The Morgan fingerprint density at radius 3 is 2.53 bits per heavy atom. The largest absolute Gasteiger partial charge is 0.474 e. The molecule has 0 spiro atoms. The molecule has 2 N–H and O–H groups in total. The first-order valence-electron chi connectivity index (χ1n) is 14.1. The molecule has 228 valence electrons. The molecule has 0 radical (unpaired) electrons. The van der Waals surface area contributed by atoms with Gasteiger partial charge in [-0.3, -0.25) is 23.4 Å². The van der Waals surface area contributed by atoms with Gasteiger partial charge in [0.25, 0.3) is 5.56 Å². The first kappa shape index (κ1) is 27.9. The highest BCUT2D eigenvalue weighted by molar-refractivity contribution is 7.51. The van der Waals surface area contributed by atoms with Gasteiger partial charge in [-0.25, -0.2) is 9.48 Å². The normalized spacial score (nSPS) is 22.3.